The normalized spacial score (nSPS) is 26.5. The maximum Gasteiger partial charge on any atom is 0.310 e. The Balaban J connectivity index is 2.07. The van der Waals surface area contributed by atoms with E-state index >= 15 is 0 Å². The number of ether oxygens (including phenoxy) is 1. The summed E-state index contributed by atoms with van der Waals surface area (Å²) >= 11 is 0. The molecule has 0 aliphatic heterocycles. The van der Waals surface area contributed by atoms with Crippen molar-refractivity contribution < 1.29 is 14.3 Å². The van der Waals surface area contributed by atoms with Gasteiger partial charge in [0.15, 0.2) is 0 Å². The molecule has 2 fully saturated rings. The van der Waals surface area contributed by atoms with Gasteiger partial charge in [-0.3, -0.25) is 4.79 Å². The Labute approximate surface area is 102 Å². The van der Waals surface area contributed by atoms with Crippen LogP contribution in [-0.2, 0) is 9.53 Å². The molecule has 4 heteroatoms. The zero-order chi connectivity index (χ0) is 12.7. The van der Waals surface area contributed by atoms with Gasteiger partial charge in [-0.1, -0.05) is 0 Å². The Hall–Kier alpha value is -1.15. The highest BCUT2D eigenvalue weighted by Crippen LogP contribution is 2.59. The molecule has 17 heavy (non-hydrogen) atoms. The number of hydrogen-bond donors (Lipinski definition) is 0. The van der Waals surface area contributed by atoms with Crippen molar-refractivity contribution in [1.29, 1.82) is 0 Å². The van der Waals surface area contributed by atoms with Crippen LogP contribution in [0.1, 0.15) is 52.9 Å². The number of carbonyl (C=O) groups excluding carboxylic acids is 1. The number of carbonyl (C=O) groups is 1. The van der Waals surface area contributed by atoms with Crippen LogP contribution in [0.3, 0.4) is 0 Å². The molecule has 0 bridgehead atoms. The molecule has 0 aromatic carbocycles. The molecule has 0 aromatic rings. The summed E-state index contributed by atoms with van der Waals surface area (Å²) < 4.78 is 5.48. The Morgan fingerprint density at radius 1 is 1.47 bits per heavy atom. The van der Waals surface area contributed by atoms with Crippen LogP contribution in [0.15, 0.2) is 0 Å². The Morgan fingerprint density at radius 3 is 2.59 bits per heavy atom. The summed E-state index contributed by atoms with van der Waals surface area (Å²) in [5, 5.41) is 0. The first kappa shape index (κ1) is 12.3. The summed E-state index contributed by atoms with van der Waals surface area (Å²) in [7, 11) is 0. The highest BCUT2D eigenvalue weighted by molar-refractivity contribution is 5.85. The molecule has 2 aliphatic carbocycles. The third-order valence-corrected chi connectivity index (χ3v) is 3.74. The molecule has 4 nitrogen and oxygen atoms in total. The molecule has 1 unspecified atom stereocenters. The van der Waals surface area contributed by atoms with E-state index in [0.29, 0.717) is 6.42 Å². The van der Waals surface area contributed by atoms with Gasteiger partial charge in [0.25, 0.3) is 5.71 Å². The maximum absolute atomic E-state index is 12.1. The summed E-state index contributed by atoms with van der Waals surface area (Å²) in [6, 6.07) is 0. The van der Waals surface area contributed by atoms with Crippen molar-refractivity contribution in [3.63, 3.8) is 0 Å². The Kier molecular flexibility index (Phi) is 2.86. The predicted octanol–water partition coefficient (Wildman–Crippen LogP) is 2.58. The molecule has 1 spiro atoms. The SMILES string of the molecule is CC(C)(C)OC(=O)C1CCC(=[N+]=[N-])CC12CC2. The smallest absolute Gasteiger partial charge is 0.310 e. The second-order valence-corrected chi connectivity index (χ2v) is 6.33. The lowest BCUT2D eigenvalue weighted by molar-refractivity contribution is -0.163. The first-order chi connectivity index (χ1) is 7.86. The van der Waals surface area contributed by atoms with Crippen LogP contribution < -0.4 is 0 Å². The summed E-state index contributed by atoms with van der Waals surface area (Å²) in [6.45, 7) is 5.69. The van der Waals surface area contributed by atoms with E-state index in [4.69, 9.17) is 10.3 Å². The van der Waals surface area contributed by atoms with E-state index in [1.165, 1.54) is 0 Å². The van der Waals surface area contributed by atoms with E-state index in [2.05, 4.69) is 4.79 Å². The summed E-state index contributed by atoms with van der Waals surface area (Å²) in [5.41, 5.74) is 9.30. The van der Waals surface area contributed by atoms with Gasteiger partial charge in [0, 0.05) is 6.42 Å². The van der Waals surface area contributed by atoms with Gasteiger partial charge >= 0.3 is 5.97 Å². The van der Waals surface area contributed by atoms with E-state index in [9.17, 15) is 4.79 Å². The number of esters is 1. The maximum atomic E-state index is 12.1. The first-order valence-corrected chi connectivity index (χ1v) is 6.29. The van der Waals surface area contributed by atoms with Gasteiger partial charge < -0.3 is 10.3 Å². The molecule has 2 rings (SSSR count). The van der Waals surface area contributed by atoms with Gasteiger partial charge in [-0.05, 0) is 45.4 Å². The Bertz CT molecular complexity index is 385. The van der Waals surface area contributed by atoms with Crippen molar-refractivity contribution in [3.8, 4) is 0 Å². The largest absolute Gasteiger partial charge is 0.460 e. The van der Waals surface area contributed by atoms with Gasteiger partial charge in [-0.2, -0.15) is 4.79 Å². The lowest BCUT2D eigenvalue weighted by atomic mass is 9.75. The monoisotopic (exact) mass is 236 g/mol. The molecule has 0 N–H and O–H groups in total. The fourth-order valence-electron chi connectivity index (χ4n) is 2.75. The third-order valence-electron chi connectivity index (χ3n) is 3.74. The second-order valence-electron chi connectivity index (χ2n) is 6.33. The lowest BCUT2D eigenvalue weighted by Gasteiger charge is -2.30. The van der Waals surface area contributed by atoms with Gasteiger partial charge in [-0.15, -0.1) is 0 Å². The summed E-state index contributed by atoms with van der Waals surface area (Å²) in [6.07, 6.45) is 4.33. The molecule has 1 atom stereocenters. The molecule has 0 aromatic heterocycles. The average Bonchev–Trinajstić information content (AvgIpc) is 2.95. The van der Waals surface area contributed by atoms with Crippen molar-refractivity contribution >= 4 is 11.7 Å². The third kappa shape index (κ3) is 2.58. The van der Waals surface area contributed by atoms with E-state index in [1.807, 2.05) is 20.8 Å². The molecule has 94 valence electrons. The molecular weight excluding hydrogens is 216 g/mol. The number of nitrogens with zero attached hydrogens (tertiary/aromatic N) is 2. The van der Waals surface area contributed by atoms with E-state index < -0.39 is 5.60 Å². The molecule has 0 saturated heterocycles. The molecular formula is C13H20N2O2. The zero-order valence-corrected chi connectivity index (χ0v) is 10.8. The van der Waals surface area contributed by atoms with E-state index in [1.54, 1.807) is 0 Å². The van der Waals surface area contributed by atoms with Crippen LogP contribution in [0.2, 0.25) is 0 Å². The highest BCUT2D eigenvalue weighted by Gasteiger charge is 2.57. The molecule has 0 amide bonds. The first-order valence-electron chi connectivity index (χ1n) is 6.29. The van der Waals surface area contributed by atoms with Crippen molar-refractivity contribution in [2.24, 2.45) is 11.3 Å². The van der Waals surface area contributed by atoms with Crippen LogP contribution >= 0.6 is 0 Å². The lowest BCUT2D eigenvalue weighted by Crippen LogP contribution is -2.37. The van der Waals surface area contributed by atoms with Crippen molar-refractivity contribution in [2.45, 2.75) is 58.5 Å². The number of rotatable bonds is 1. The van der Waals surface area contributed by atoms with E-state index in [0.717, 1.165) is 31.4 Å². The van der Waals surface area contributed by atoms with Gasteiger partial charge in [0.2, 0.25) is 0 Å². The standard InChI is InChI=1S/C13H20N2O2/c1-12(2,3)17-11(16)10-5-4-9(15-14)8-13(10)6-7-13/h10H,4-8H2,1-3H3. The van der Waals surface area contributed by atoms with Crippen LogP contribution in [0.5, 0.6) is 0 Å². The number of hydrogen-bond acceptors (Lipinski definition) is 2. The van der Waals surface area contributed by atoms with Crippen LogP contribution in [0.4, 0.5) is 0 Å². The van der Waals surface area contributed by atoms with Gasteiger partial charge in [-0.25, -0.2) is 0 Å². The van der Waals surface area contributed by atoms with Crippen LogP contribution in [-0.4, -0.2) is 22.1 Å². The fraction of sp³-hybridized carbons (Fsp3) is 0.846. The average molecular weight is 236 g/mol. The van der Waals surface area contributed by atoms with Crippen LogP contribution in [0.25, 0.3) is 5.53 Å². The summed E-state index contributed by atoms with van der Waals surface area (Å²) in [4.78, 5) is 15.5. The van der Waals surface area contributed by atoms with Gasteiger partial charge in [0.1, 0.15) is 5.60 Å². The van der Waals surface area contributed by atoms with Crippen molar-refractivity contribution in [1.82, 2.24) is 0 Å². The topological polar surface area (TPSA) is 62.7 Å². The van der Waals surface area contributed by atoms with Crippen molar-refractivity contribution in [3.05, 3.63) is 5.53 Å². The minimum Gasteiger partial charge on any atom is -0.460 e. The molecule has 2 aliphatic rings. The fourth-order valence-corrected chi connectivity index (χ4v) is 2.75. The minimum atomic E-state index is -0.418. The zero-order valence-electron chi connectivity index (χ0n) is 10.8. The van der Waals surface area contributed by atoms with Crippen LogP contribution in [0, 0.1) is 11.3 Å². The quantitative estimate of drug-likeness (QED) is 0.399. The molecule has 0 radical (unpaired) electrons. The molecule has 2 saturated carbocycles. The Morgan fingerprint density at radius 2 is 2.12 bits per heavy atom. The minimum absolute atomic E-state index is 0.00720. The second kappa shape index (κ2) is 3.95. The van der Waals surface area contributed by atoms with E-state index in [-0.39, 0.29) is 17.3 Å². The predicted molar refractivity (Wildman–Crippen MR) is 63.5 cm³/mol. The molecule has 0 heterocycles. The van der Waals surface area contributed by atoms with Gasteiger partial charge in [0.05, 0.1) is 12.3 Å². The highest BCUT2D eigenvalue weighted by atomic mass is 16.6. The summed E-state index contributed by atoms with van der Waals surface area (Å²) in [5.74, 6) is -0.0841. The van der Waals surface area contributed by atoms with Crippen molar-refractivity contribution in [2.75, 3.05) is 0 Å².